The van der Waals surface area contributed by atoms with Gasteiger partial charge in [0.25, 0.3) is 21.6 Å². The van der Waals surface area contributed by atoms with Crippen LogP contribution in [-0.2, 0) is 14.8 Å². The number of hydrogen-bond acceptors (Lipinski definition) is 7. The number of benzene rings is 3. The van der Waals surface area contributed by atoms with Crippen LogP contribution in [-0.4, -0.2) is 32.0 Å². The molecule has 0 spiro atoms. The number of nitro groups is 1. The second-order valence-corrected chi connectivity index (χ2v) is 10.4. The number of halogens is 1. The molecule has 0 atom stereocenters. The number of carbonyl (C=O) groups excluding carboxylic acids is 1. The number of non-ortho nitro benzene ring substituents is 1. The van der Waals surface area contributed by atoms with Gasteiger partial charge in [-0.1, -0.05) is 35.4 Å². The molecule has 10 nitrogen and oxygen atoms in total. The van der Waals surface area contributed by atoms with Crippen LogP contribution in [0.4, 0.5) is 11.4 Å². The fraction of sp³-hybridized carbons (Fsp3) is 0.0769. The molecule has 12 heteroatoms. The third kappa shape index (κ3) is 6.25. The molecule has 1 N–H and O–H groups in total. The van der Waals surface area contributed by atoms with E-state index in [2.05, 4.69) is 10.5 Å². The van der Waals surface area contributed by atoms with E-state index in [4.69, 9.17) is 16.0 Å². The lowest BCUT2D eigenvalue weighted by atomic mass is 10.1. The Labute approximate surface area is 223 Å². The Hall–Kier alpha value is -4.48. The number of hydrazone groups is 1. The van der Waals surface area contributed by atoms with Crippen molar-refractivity contribution in [3.63, 3.8) is 0 Å². The van der Waals surface area contributed by atoms with Crippen LogP contribution >= 0.6 is 11.6 Å². The highest BCUT2D eigenvalue weighted by Crippen LogP contribution is 2.27. The smallest absolute Gasteiger partial charge is 0.269 e. The molecule has 38 heavy (non-hydrogen) atoms. The predicted octanol–water partition coefficient (Wildman–Crippen LogP) is 5.16. The van der Waals surface area contributed by atoms with Crippen LogP contribution in [0.5, 0.6) is 0 Å². The lowest BCUT2D eigenvalue weighted by molar-refractivity contribution is -0.384. The molecular weight excluding hydrogens is 532 g/mol. The van der Waals surface area contributed by atoms with E-state index < -0.39 is 27.4 Å². The molecule has 0 radical (unpaired) electrons. The number of amides is 1. The maximum absolute atomic E-state index is 13.4. The Morgan fingerprint density at radius 2 is 1.79 bits per heavy atom. The van der Waals surface area contributed by atoms with E-state index >= 15 is 0 Å². The number of sulfonamides is 1. The third-order valence-corrected chi connectivity index (χ3v) is 7.39. The predicted molar refractivity (Wildman–Crippen MR) is 144 cm³/mol. The highest BCUT2D eigenvalue weighted by Gasteiger charge is 2.27. The maximum Gasteiger partial charge on any atom is 0.269 e. The van der Waals surface area contributed by atoms with Gasteiger partial charge in [-0.05, 0) is 61.5 Å². The fourth-order valence-electron chi connectivity index (χ4n) is 3.44. The normalized spacial score (nSPS) is 11.4. The van der Waals surface area contributed by atoms with Gasteiger partial charge in [0.15, 0.2) is 0 Å². The summed E-state index contributed by atoms with van der Waals surface area (Å²) in [5.74, 6) is 0.0562. The van der Waals surface area contributed by atoms with Crippen LogP contribution in [0.15, 0.2) is 99.3 Å². The number of anilines is 1. The average Bonchev–Trinajstić information content (AvgIpc) is 3.36. The monoisotopic (exact) mass is 552 g/mol. The summed E-state index contributed by atoms with van der Waals surface area (Å²) in [5.41, 5.74) is 3.99. The number of hydrogen-bond donors (Lipinski definition) is 1. The standard InChI is InChI=1S/C26H21ClN4O6S/c1-18-5-12-24(13-6-18)38(35,36)30(22-4-2-3-20(27)15-22)17-26(32)29-28-16-23-11-14-25(37-23)19-7-9-21(10-8-19)31(33)34/h2-16H,17H2,1H3,(H,29,32)/b28-16-. The van der Waals surface area contributed by atoms with E-state index in [0.717, 1.165) is 9.87 Å². The van der Waals surface area contributed by atoms with Crippen molar-refractivity contribution in [3.05, 3.63) is 111 Å². The highest BCUT2D eigenvalue weighted by atomic mass is 35.5. The van der Waals surface area contributed by atoms with Gasteiger partial charge in [-0.15, -0.1) is 0 Å². The van der Waals surface area contributed by atoms with E-state index in [1.165, 1.54) is 42.6 Å². The first-order chi connectivity index (χ1) is 18.1. The third-order valence-electron chi connectivity index (χ3n) is 5.36. The SMILES string of the molecule is Cc1ccc(S(=O)(=O)N(CC(=O)N/N=C\c2ccc(-c3ccc([N+](=O)[O-])cc3)o2)c2cccc(Cl)c2)cc1. The Morgan fingerprint density at radius 3 is 2.45 bits per heavy atom. The van der Waals surface area contributed by atoms with Gasteiger partial charge >= 0.3 is 0 Å². The number of rotatable bonds is 9. The summed E-state index contributed by atoms with van der Waals surface area (Å²) in [6, 6.07) is 21.5. The number of nitrogens with one attached hydrogen (secondary N) is 1. The van der Waals surface area contributed by atoms with Crippen molar-refractivity contribution in [2.75, 3.05) is 10.8 Å². The van der Waals surface area contributed by atoms with Crippen LogP contribution in [0.2, 0.25) is 5.02 Å². The van der Waals surface area contributed by atoms with E-state index in [0.29, 0.717) is 22.1 Å². The van der Waals surface area contributed by atoms with Crippen molar-refractivity contribution in [1.29, 1.82) is 0 Å². The van der Waals surface area contributed by atoms with Crippen molar-refractivity contribution in [3.8, 4) is 11.3 Å². The van der Waals surface area contributed by atoms with Crippen molar-refractivity contribution in [1.82, 2.24) is 5.43 Å². The first kappa shape index (κ1) is 26.6. The largest absolute Gasteiger partial charge is 0.455 e. The molecule has 0 unspecified atom stereocenters. The zero-order valence-corrected chi connectivity index (χ0v) is 21.5. The molecule has 1 heterocycles. The van der Waals surface area contributed by atoms with Crippen molar-refractivity contribution in [2.45, 2.75) is 11.8 Å². The van der Waals surface area contributed by atoms with E-state index in [-0.39, 0.29) is 16.3 Å². The van der Waals surface area contributed by atoms with Crippen LogP contribution in [0.1, 0.15) is 11.3 Å². The summed E-state index contributed by atoms with van der Waals surface area (Å²) >= 11 is 6.08. The molecule has 0 saturated carbocycles. The van der Waals surface area contributed by atoms with Gasteiger partial charge in [-0.2, -0.15) is 5.10 Å². The molecule has 0 aliphatic heterocycles. The first-order valence-electron chi connectivity index (χ1n) is 11.1. The number of nitrogens with zero attached hydrogens (tertiary/aromatic N) is 3. The molecule has 0 fully saturated rings. The number of nitro benzene ring substituents is 1. The van der Waals surface area contributed by atoms with Gasteiger partial charge in [0, 0.05) is 22.7 Å². The fourth-order valence-corrected chi connectivity index (χ4v) is 5.04. The van der Waals surface area contributed by atoms with Gasteiger partial charge in [0.2, 0.25) is 0 Å². The molecule has 0 aliphatic rings. The molecular formula is C26H21ClN4O6S. The Kier molecular flexibility index (Phi) is 7.89. The lowest BCUT2D eigenvalue weighted by Gasteiger charge is -2.24. The molecule has 1 amide bonds. The summed E-state index contributed by atoms with van der Waals surface area (Å²) < 4.78 is 33.4. The second kappa shape index (κ2) is 11.3. The van der Waals surface area contributed by atoms with Crippen LogP contribution in [0.3, 0.4) is 0 Å². The molecule has 194 valence electrons. The van der Waals surface area contributed by atoms with E-state index in [1.807, 2.05) is 6.92 Å². The number of furan rings is 1. The maximum atomic E-state index is 13.4. The molecule has 0 aliphatic carbocycles. The summed E-state index contributed by atoms with van der Waals surface area (Å²) in [5, 5.41) is 15.0. The summed E-state index contributed by atoms with van der Waals surface area (Å²) in [4.78, 5) is 23.0. The highest BCUT2D eigenvalue weighted by molar-refractivity contribution is 7.92. The van der Waals surface area contributed by atoms with Gasteiger partial charge in [0.05, 0.1) is 21.7 Å². The Balaban J connectivity index is 1.48. The Morgan fingerprint density at radius 1 is 1.08 bits per heavy atom. The molecule has 1 aromatic heterocycles. The topological polar surface area (TPSA) is 135 Å². The van der Waals surface area contributed by atoms with Crippen molar-refractivity contribution < 1.29 is 22.6 Å². The molecule has 3 aromatic carbocycles. The molecule has 0 saturated heterocycles. The minimum atomic E-state index is -4.09. The summed E-state index contributed by atoms with van der Waals surface area (Å²) in [6.45, 7) is 1.28. The quantitative estimate of drug-likeness (QED) is 0.173. The number of carbonyl (C=O) groups is 1. The first-order valence-corrected chi connectivity index (χ1v) is 13.0. The molecule has 4 aromatic rings. The average molecular weight is 553 g/mol. The zero-order chi connectivity index (χ0) is 27.3. The minimum Gasteiger partial charge on any atom is -0.455 e. The molecule has 0 bridgehead atoms. The van der Waals surface area contributed by atoms with Gasteiger partial charge in [0.1, 0.15) is 18.1 Å². The van der Waals surface area contributed by atoms with Crippen LogP contribution in [0, 0.1) is 17.0 Å². The van der Waals surface area contributed by atoms with Crippen LogP contribution in [0.25, 0.3) is 11.3 Å². The second-order valence-electron chi connectivity index (χ2n) is 8.10. The lowest BCUT2D eigenvalue weighted by Crippen LogP contribution is -2.39. The van der Waals surface area contributed by atoms with E-state index in [1.54, 1.807) is 48.5 Å². The summed E-state index contributed by atoms with van der Waals surface area (Å²) in [6.07, 6.45) is 1.25. The minimum absolute atomic E-state index is 0.0220. The van der Waals surface area contributed by atoms with Crippen LogP contribution < -0.4 is 9.73 Å². The Bertz CT molecular complexity index is 1600. The number of aryl methyl sites for hydroxylation is 1. The molecule has 4 rings (SSSR count). The van der Waals surface area contributed by atoms with Crippen molar-refractivity contribution in [2.24, 2.45) is 5.10 Å². The van der Waals surface area contributed by atoms with E-state index in [9.17, 15) is 23.3 Å². The van der Waals surface area contributed by atoms with Gasteiger partial charge in [-0.3, -0.25) is 19.2 Å². The van der Waals surface area contributed by atoms with Crippen molar-refractivity contribution >= 4 is 45.1 Å². The van der Waals surface area contributed by atoms with Gasteiger partial charge < -0.3 is 4.42 Å². The van der Waals surface area contributed by atoms with Gasteiger partial charge in [-0.25, -0.2) is 13.8 Å². The summed E-state index contributed by atoms with van der Waals surface area (Å²) in [7, 11) is -4.09. The zero-order valence-electron chi connectivity index (χ0n) is 19.9.